The smallest absolute Gasteiger partial charge is 0.416 e. The van der Waals surface area contributed by atoms with Crippen LogP contribution in [-0.4, -0.2) is 18.2 Å². The predicted octanol–water partition coefficient (Wildman–Crippen LogP) is 3.37. The van der Waals surface area contributed by atoms with Crippen molar-refractivity contribution in [1.82, 2.24) is 5.32 Å². The zero-order valence-electron chi connectivity index (χ0n) is 12.4. The number of amides is 1. The molecule has 1 unspecified atom stereocenters. The molecule has 0 saturated carbocycles. The Morgan fingerprint density at radius 1 is 1.32 bits per heavy atom. The van der Waals surface area contributed by atoms with E-state index in [-0.39, 0.29) is 6.54 Å². The van der Waals surface area contributed by atoms with Crippen LogP contribution in [0.15, 0.2) is 18.2 Å². The van der Waals surface area contributed by atoms with Gasteiger partial charge in [-0.15, -0.1) is 0 Å². The zero-order chi connectivity index (χ0) is 17.1. The van der Waals surface area contributed by atoms with Gasteiger partial charge in [-0.1, -0.05) is 0 Å². The van der Waals surface area contributed by atoms with Crippen molar-refractivity contribution in [2.45, 2.75) is 38.6 Å². The molecule has 3 N–H and O–H groups in total. The third-order valence-electron chi connectivity index (χ3n) is 2.58. The number of carbonyl (C=O) groups excluding carboxylic acids is 1. The fraction of sp³-hybridized carbons (Fsp3) is 0.500. The molecule has 1 atom stereocenters. The summed E-state index contributed by atoms with van der Waals surface area (Å²) in [4.78, 5) is 11.5. The third kappa shape index (κ3) is 5.51. The Morgan fingerprint density at radius 2 is 1.91 bits per heavy atom. The van der Waals surface area contributed by atoms with E-state index in [0.29, 0.717) is 18.2 Å². The lowest BCUT2D eigenvalue weighted by atomic mass is 10.00. The lowest BCUT2D eigenvalue weighted by Crippen LogP contribution is -2.37. The van der Waals surface area contributed by atoms with Crippen molar-refractivity contribution in [1.29, 1.82) is 0 Å². The Bertz CT molecular complexity index is 539. The van der Waals surface area contributed by atoms with Crippen LogP contribution in [0.25, 0.3) is 0 Å². The summed E-state index contributed by atoms with van der Waals surface area (Å²) >= 11 is 0. The van der Waals surface area contributed by atoms with E-state index in [1.165, 1.54) is 0 Å². The van der Waals surface area contributed by atoms with Crippen LogP contribution >= 0.6 is 0 Å². The van der Waals surface area contributed by atoms with Crippen LogP contribution in [-0.2, 0) is 10.9 Å². The zero-order valence-corrected chi connectivity index (χ0v) is 12.4. The standard InChI is InChI=1S/C14H18F4N2O2/c1-13(2,3)22-12(21)20-7-11(19)9-6-8(15)4-5-10(9)14(16,17)18/h4-6,11H,7,19H2,1-3H3,(H,20,21). The van der Waals surface area contributed by atoms with Crippen molar-refractivity contribution in [3.8, 4) is 0 Å². The van der Waals surface area contributed by atoms with Gasteiger partial charge in [0.05, 0.1) is 5.56 Å². The maximum absolute atomic E-state index is 13.2. The number of halogens is 4. The summed E-state index contributed by atoms with van der Waals surface area (Å²) in [5.74, 6) is -0.837. The number of nitrogens with one attached hydrogen (secondary N) is 1. The summed E-state index contributed by atoms with van der Waals surface area (Å²) in [6, 6.07) is 0.822. The molecule has 0 fully saturated rings. The molecule has 0 aliphatic heterocycles. The van der Waals surface area contributed by atoms with Crippen LogP contribution in [0.2, 0.25) is 0 Å². The van der Waals surface area contributed by atoms with Gasteiger partial charge in [0, 0.05) is 12.6 Å². The second-order valence-electron chi connectivity index (χ2n) is 5.72. The van der Waals surface area contributed by atoms with Crippen molar-refractivity contribution >= 4 is 6.09 Å². The number of alkyl carbamates (subject to hydrolysis) is 1. The van der Waals surface area contributed by atoms with Crippen LogP contribution < -0.4 is 11.1 Å². The normalized spacial score (nSPS) is 13.6. The number of benzene rings is 1. The Kier molecular flexibility index (Phi) is 5.39. The van der Waals surface area contributed by atoms with Crippen molar-refractivity contribution in [3.05, 3.63) is 35.1 Å². The predicted molar refractivity (Wildman–Crippen MR) is 72.6 cm³/mol. The Hall–Kier alpha value is -1.83. The lowest BCUT2D eigenvalue weighted by molar-refractivity contribution is -0.138. The van der Waals surface area contributed by atoms with E-state index >= 15 is 0 Å². The van der Waals surface area contributed by atoms with Crippen molar-refractivity contribution in [2.75, 3.05) is 6.54 Å². The first-order valence-electron chi connectivity index (χ1n) is 6.49. The van der Waals surface area contributed by atoms with Crippen molar-refractivity contribution < 1.29 is 27.1 Å². The quantitative estimate of drug-likeness (QED) is 0.839. The largest absolute Gasteiger partial charge is 0.444 e. The SMILES string of the molecule is CC(C)(C)OC(=O)NCC(N)c1cc(F)ccc1C(F)(F)F. The van der Waals surface area contributed by atoms with Gasteiger partial charge in [0.1, 0.15) is 11.4 Å². The molecule has 8 heteroatoms. The molecular formula is C14H18F4N2O2. The monoisotopic (exact) mass is 322 g/mol. The van der Waals surface area contributed by atoms with Gasteiger partial charge in [-0.05, 0) is 44.5 Å². The van der Waals surface area contributed by atoms with Crippen LogP contribution in [0.3, 0.4) is 0 Å². The van der Waals surface area contributed by atoms with Crippen LogP contribution in [0.1, 0.15) is 37.9 Å². The number of alkyl halides is 3. The first-order valence-corrected chi connectivity index (χ1v) is 6.49. The summed E-state index contributed by atoms with van der Waals surface area (Å²) in [6.45, 7) is 4.60. The molecule has 0 heterocycles. The van der Waals surface area contributed by atoms with Gasteiger partial charge in [-0.2, -0.15) is 13.2 Å². The minimum atomic E-state index is -4.66. The molecule has 4 nitrogen and oxygen atoms in total. The molecule has 0 saturated heterocycles. The summed E-state index contributed by atoms with van der Waals surface area (Å²) in [7, 11) is 0. The average Bonchev–Trinajstić information content (AvgIpc) is 2.32. The first kappa shape index (κ1) is 18.2. The molecule has 0 radical (unpaired) electrons. The summed E-state index contributed by atoms with van der Waals surface area (Å²) in [6.07, 6.45) is -5.47. The Labute approximate surface area is 125 Å². The van der Waals surface area contributed by atoms with Gasteiger partial charge in [0.2, 0.25) is 0 Å². The van der Waals surface area contributed by atoms with E-state index in [2.05, 4.69) is 5.32 Å². The Morgan fingerprint density at radius 3 is 2.41 bits per heavy atom. The highest BCUT2D eigenvalue weighted by molar-refractivity contribution is 5.67. The average molecular weight is 322 g/mol. The van der Waals surface area contributed by atoms with Crippen LogP contribution in [0, 0.1) is 5.82 Å². The molecular weight excluding hydrogens is 304 g/mol. The molecule has 0 bridgehead atoms. The molecule has 1 aromatic rings. The number of carbonyl (C=O) groups is 1. The number of ether oxygens (including phenoxy) is 1. The number of hydrogen-bond donors (Lipinski definition) is 2. The van der Waals surface area contributed by atoms with E-state index in [1.54, 1.807) is 20.8 Å². The van der Waals surface area contributed by atoms with Gasteiger partial charge >= 0.3 is 12.3 Å². The van der Waals surface area contributed by atoms with E-state index in [1.807, 2.05) is 0 Å². The van der Waals surface area contributed by atoms with Crippen molar-refractivity contribution in [2.24, 2.45) is 5.73 Å². The maximum atomic E-state index is 13.2. The highest BCUT2D eigenvalue weighted by Crippen LogP contribution is 2.34. The number of nitrogens with two attached hydrogens (primary N) is 1. The second kappa shape index (κ2) is 6.51. The minimum absolute atomic E-state index is 0.318. The molecule has 22 heavy (non-hydrogen) atoms. The first-order chi connectivity index (χ1) is 9.90. The molecule has 1 rings (SSSR count). The molecule has 0 spiro atoms. The van der Waals surface area contributed by atoms with Gasteiger partial charge < -0.3 is 15.8 Å². The topological polar surface area (TPSA) is 64.3 Å². The van der Waals surface area contributed by atoms with Crippen LogP contribution in [0.4, 0.5) is 22.4 Å². The fourth-order valence-electron chi connectivity index (χ4n) is 1.72. The second-order valence-corrected chi connectivity index (χ2v) is 5.72. The lowest BCUT2D eigenvalue weighted by Gasteiger charge is -2.22. The fourth-order valence-corrected chi connectivity index (χ4v) is 1.72. The van der Waals surface area contributed by atoms with Gasteiger partial charge in [-0.3, -0.25) is 0 Å². The third-order valence-corrected chi connectivity index (χ3v) is 2.58. The van der Waals surface area contributed by atoms with E-state index in [4.69, 9.17) is 10.5 Å². The summed E-state index contributed by atoms with van der Waals surface area (Å²) in [5.41, 5.74) is 3.43. The molecule has 0 aliphatic rings. The highest BCUT2D eigenvalue weighted by atomic mass is 19.4. The van der Waals surface area contributed by atoms with Crippen LogP contribution in [0.5, 0.6) is 0 Å². The van der Waals surface area contributed by atoms with E-state index < -0.39 is 40.9 Å². The molecule has 1 amide bonds. The Balaban J connectivity index is 2.84. The van der Waals surface area contributed by atoms with Crippen molar-refractivity contribution in [3.63, 3.8) is 0 Å². The molecule has 124 valence electrons. The minimum Gasteiger partial charge on any atom is -0.444 e. The molecule has 0 aromatic heterocycles. The molecule has 1 aromatic carbocycles. The van der Waals surface area contributed by atoms with Gasteiger partial charge in [0.25, 0.3) is 0 Å². The van der Waals surface area contributed by atoms with E-state index in [9.17, 15) is 22.4 Å². The van der Waals surface area contributed by atoms with Gasteiger partial charge in [0.15, 0.2) is 0 Å². The summed E-state index contributed by atoms with van der Waals surface area (Å²) < 4.78 is 56.7. The summed E-state index contributed by atoms with van der Waals surface area (Å²) in [5, 5.41) is 2.26. The maximum Gasteiger partial charge on any atom is 0.416 e. The van der Waals surface area contributed by atoms with Gasteiger partial charge in [-0.25, -0.2) is 9.18 Å². The highest BCUT2D eigenvalue weighted by Gasteiger charge is 2.35. The number of rotatable bonds is 3. The number of hydrogen-bond acceptors (Lipinski definition) is 3. The van der Waals surface area contributed by atoms with E-state index in [0.717, 1.165) is 0 Å². The molecule has 0 aliphatic carbocycles.